The number of likely N-dealkylation sites (tertiary alicyclic amines) is 1. The fourth-order valence-electron chi connectivity index (χ4n) is 3.60. The molecule has 138 valence electrons. The molecule has 2 aromatic heterocycles. The van der Waals surface area contributed by atoms with Gasteiger partial charge < -0.3 is 10.0 Å². The number of carbonyl (C=O) groups excluding carboxylic acids is 1. The first-order valence-electron chi connectivity index (χ1n) is 8.50. The van der Waals surface area contributed by atoms with Gasteiger partial charge in [-0.25, -0.2) is 4.98 Å². The van der Waals surface area contributed by atoms with Crippen LogP contribution in [0.25, 0.3) is 4.96 Å². The van der Waals surface area contributed by atoms with Crippen LogP contribution in [0.15, 0.2) is 46.7 Å². The SMILES string of the molecule is Cc1csc2ncc(C(=O)N3C[C@H](C(=O)O)[C@H](c4ccccc4)C3)c(=O)n12. The highest BCUT2D eigenvalue weighted by Gasteiger charge is 2.41. The summed E-state index contributed by atoms with van der Waals surface area (Å²) in [4.78, 5) is 43.6. The van der Waals surface area contributed by atoms with E-state index in [1.165, 1.54) is 26.8 Å². The number of aliphatic carboxylic acids is 1. The van der Waals surface area contributed by atoms with Crippen LogP contribution < -0.4 is 5.56 Å². The van der Waals surface area contributed by atoms with Crippen LogP contribution in [0.3, 0.4) is 0 Å². The number of fused-ring (bicyclic) bond motifs is 1. The lowest BCUT2D eigenvalue weighted by molar-refractivity contribution is -0.141. The molecule has 1 N–H and O–H groups in total. The van der Waals surface area contributed by atoms with Crippen LogP contribution in [-0.4, -0.2) is 44.4 Å². The van der Waals surface area contributed by atoms with Crippen molar-refractivity contribution in [2.45, 2.75) is 12.8 Å². The summed E-state index contributed by atoms with van der Waals surface area (Å²) in [5.41, 5.74) is 1.14. The fourth-order valence-corrected chi connectivity index (χ4v) is 4.43. The van der Waals surface area contributed by atoms with Crippen LogP contribution in [0.2, 0.25) is 0 Å². The Morgan fingerprint density at radius 2 is 1.96 bits per heavy atom. The number of hydrogen-bond donors (Lipinski definition) is 1. The smallest absolute Gasteiger partial charge is 0.308 e. The van der Waals surface area contributed by atoms with Crippen molar-refractivity contribution < 1.29 is 14.7 Å². The number of rotatable bonds is 3. The third-order valence-electron chi connectivity index (χ3n) is 5.00. The highest BCUT2D eigenvalue weighted by atomic mass is 32.1. The van der Waals surface area contributed by atoms with Crippen molar-refractivity contribution in [1.82, 2.24) is 14.3 Å². The average molecular weight is 383 g/mol. The van der Waals surface area contributed by atoms with Gasteiger partial charge in [-0.2, -0.15) is 0 Å². The van der Waals surface area contributed by atoms with E-state index in [4.69, 9.17) is 0 Å². The molecule has 27 heavy (non-hydrogen) atoms. The molecule has 0 aliphatic carbocycles. The van der Waals surface area contributed by atoms with E-state index < -0.39 is 23.4 Å². The lowest BCUT2D eigenvalue weighted by Crippen LogP contribution is -2.35. The van der Waals surface area contributed by atoms with Crippen LogP contribution >= 0.6 is 11.3 Å². The van der Waals surface area contributed by atoms with E-state index in [9.17, 15) is 19.5 Å². The summed E-state index contributed by atoms with van der Waals surface area (Å²) in [6.07, 6.45) is 1.29. The first-order valence-corrected chi connectivity index (χ1v) is 9.38. The largest absolute Gasteiger partial charge is 0.481 e. The van der Waals surface area contributed by atoms with Gasteiger partial charge in [-0.05, 0) is 12.5 Å². The monoisotopic (exact) mass is 383 g/mol. The number of amides is 1. The number of carboxylic acid groups (broad SMARTS) is 1. The summed E-state index contributed by atoms with van der Waals surface area (Å²) < 4.78 is 1.41. The van der Waals surface area contributed by atoms with Gasteiger partial charge in [-0.3, -0.25) is 18.8 Å². The topological polar surface area (TPSA) is 92.0 Å². The number of aromatic nitrogens is 2. The van der Waals surface area contributed by atoms with E-state index in [1.54, 1.807) is 12.3 Å². The molecular formula is C19H17N3O4S. The zero-order valence-electron chi connectivity index (χ0n) is 14.5. The van der Waals surface area contributed by atoms with E-state index in [1.807, 2.05) is 30.3 Å². The molecule has 3 heterocycles. The Morgan fingerprint density at radius 3 is 2.67 bits per heavy atom. The second-order valence-electron chi connectivity index (χ2n) is 6.64. The molecule has 0 unspecified atom stereocenters. The van der Waals surface area contributed by atoms with Gasteiger partial charge in [0.15, 0.2) is 4.96 Å². The van der Waals surface area contributed by atoms with E-state index >= 15 is 0 Å². The van der Waals surface area contributed by atoms with Crippen LogP contribution in [0.5, 0.6) is 0 Å². The zero-order valence-corrected chi connectivity index (χ0v) is 15.3. The first-order chi connectivity index (χ1) is 13.0. The molecule has 1 aliphatic heterocycles. The molecule has 0 spiro atoms. The third kappa shape index (κ3) is 2.91. The maximum atomic E-state index is 13.0. The molecule has 3 aromatic rings. The summed E-state index contributed by atoms with van der Waals surface area (Å²) in [7, 11) is 0. The van der Waals surface area contributed by atoms with Crippen molar-refractivity contribution in [2.24, 2.45) is 5.92 Å². The van der Waals surface area contributed by atoms with Gasteiger partial charge in [0.2, 0.25) is 0 Å². The quantitative estimate of drug-likeness (QED) is 0.747. The minimum Gasteiger partial charge on any atom is -0.481 e. The number of carboxylic acids is 1. The lowest BCUT2D eigenvalue weighted by atomic mass is 9.89. The highest BCUT2D eigenvalue weighted by Crippen LogP contribution is 2.33. The van der Waals surface area contributed by atoms with Crippen molar-refractivity contribution in [1.29, 1.82) is 0 Å². The van der Waals surface area contributed by atoms with E-state index in [2.05, 4.69) is 4.98 Å². The van der Waals surface area contributed by atoms with Gasteiger partial charge in [-0.15, -0.1) is 11.3 Å². The minimum atomic E-state index is -0.946. The van der Waals surface area contributed by atoms with Gasteiger partial charge >= 0.3 is 5.97 Å². The summed E-state index contributed by atoms with van der Waals surface area (Å²) in [6.45, 7) is 2.10. The lowest BCUT2D eigenvalue weighted by Gasteiger charge is -2.16. The van der Waals surface area contributed by atoms with Gasteiger partial charge in [0.25, 0.3) is 11.5 Å². The zero-order chi connectivity index (χ0) is 19.1. The molecule has 0 radical (unpaired) electrons. The highest BCUT2D eigenvalue weighted by molar-refractivity contribution is 7.15. The summed E-state index contributed by atoms with van der Waals surface area (Å²) in [6, 6.07) is 9.30. The average Bonchev–Trinajstić information content (AvgIpc) is 3.27. The Balaban J connectivity index is 1.69. The number of carbonyl (C=O) groups is 2. The number of thiazole rings is 1. The Hall–Kier alpha value is -3.00. The van der Waals surface area contributed by atoms with Gasteiger partial charge in [0, 0.05) is 36.3 Å². The van der Waals surface area contributed by atoms with Crippen molar-refractivity contribution >= 4 is 28.2 Å². The first kappa shape index (κ1) is 17.4. The number of nitrogens with zero attached hydrogens (tertiary/aromatic N) is 3. The predicted molar refractivity (Wildman–Crippen MR) is 100 cm³/mol. The molecule has 1 aliphatic rings. The molecule has 0 saturated carbocycles. The molecular weight excluding hydrogens is 366 g/mol. The standard InChI is InChI=1S/C19H17N3O4S/c1-11-10-27-19-20-7-13(17(24)22(11)19)16(23)21-8-14(15(9-21)18(25)26)12-5-3-2-4-6-12/h2-7,10,14-15H,8-9H2,1H3,(H,25,26)/t14-,15-/m0/s1. The molecule has 8 heteroatoms. The molecule has 4 rings (SSSR count). The molecule has 1 aromatic carbocycles. The Morgan fingerprint density at radius 1 is 1.22 bits per heavy atom. The number of benzene rings is 1. The molecule has 1 saturated heterocycles. The van der Waals surface area contributed by atoms with E-state index in [0.29, 0.717) is 10.7 Å². The van der Waals surface area contributed by atoms with E-state index in [-0.39, 0.29) is 24.6 Å². The van der Waals surface area contributed by atoms with Crippen LogP contribution in [0.4, 0.5) is 0 Å². The van der Waals surface area contributed by atoms with Gasteiger partial charge in [0.05, 0.1) is 5.92 Å². The van der Waals surface area contributed by atoms with Crippen LogP contribution in [0, 0.1) is 12.8 Å². The molecule has 0 bridgehead atoms. The predicted octanol–water partition coefficient (Wildman–Crippen LogP) is 2.00. The van der Waals surface area contributed by atoms with Gasteiger partial charge in [-0.1, -0.05) is 30.3 Å². The van der Waals surface area contributed by atoms with Crippen LogP contribution in [0.1, 0.15) is 27.5 Å². The minimum absolute atomic E-state index is 0.0353. The summed E-state index contributed by atoms with van der Waals surface area (Å²) in [5.74, 6) is -2.44. The summed E-state index contributed by atoms with van der Waals surface area (Å²) >= 11 is 1.33. The second-order valence-corrected chi connectivity index (χ2v) is 7.48. The fraction of sp³-hybridized carbons (Fsp3) is 0.263. The molecule has 7 nitrogen and oxygen atoms in total. The maximum absolute atomic E-state index is 13.0. The van der Waals surface area contributed by atoms with Crippen molar-refractivity contribution in [3.05, 3.63) is 69.1 Å². The Bertz CT molecular complexity index is 1090. The molecule has 2 atom stereocenters. The van der Waals surface area contributed by atoms with Gasteiger partial charge in [0.1, 0.15) is 5.56 Å². The number of aryl methyl sites for hydroxylation is 1. The van der Waals surface area contributed by atoms with Crippen molar-refractivity contribution in [3.8, 4) is 0 Å². The maximum Gasteiger partial charge on any atom is 0.308 e. The Labute approximate surface area is 158 Å². The molecule has 1 amide bonds. The number of hydrogen-bond acceptors (Lipinski definition) is 5. The Kier molecular flexibility index (Phi) is 4.27. The normalized spacial score (nSPS) is 19.5. The van der Waals surface area contributed by atoms with Crippen molar-refractivity contribution in [2.75, 3.05) is 13.1 Å². The third-order valence-corrected chi connectivity index (χ3v) is 5.96. The summed E-state index contributed by atoms with van der Waals surface area (Å²) in [5, 5.41) is 11.4. The van der Waals surface area contributed by atoms with Crippen LogP contribution in [-0.2, 0) is 4.79 Å². The van der Waals surface area contributed by atoms with Crippen molar-refractivity contribution in [3.63, 3.8) is 0 Å². The molecule has 1 fully saturated rings. The second kappa shape index (κ2) is 6.62. The van der Waals surface area contributed by atoms with E-state index in [0.717, 1.165) is 5.56 Å².